The molecule has 114 valence electrons. The number of rotatable bonds is 4. The first-order valence-corrected chi connectivity index (χ1v) is 6.57. The monoisotopic (exact) mass is 370 g/mol. The van der Waals surface area contributed by atoms with E-state index in [9.17, 15) is 19.3 Å². The molecular formula is C13H8BrFN2O5. The van der Waals surface area contributed by atoms with Crippen LogP contribution in [0.3, 0.4) is 0 Å². The van der Waals surface area contributed by atoms with Crippen molar-refractivity contribution in [3.05, 3.63) is 56.4 Å². The largest absolute Gasteiger partial charge is 0.465 e. The molecule has 0 saturated heterocycles. The lowest BCUT2D eigenvalue weighted by Crippen LogP contribution is -2.05. The summed E-state index contributed by atoms with van der Waals surface area (Å²) in [5, 5.41) is 11.0. The van der Waals surface area contributed by atoms with Crippen molar-refractivity contribution in [3.63, 3.8) is 0 Å². The number of pyridine rings is 1. The van der Waals surface area contributed by atoms with Crippen molar-refractivity contribution in [3.8, 4) is 11.6 Å². The van der Waals surface area contributed by atoms with Crippen LogP contribution in [-0.4, -0.2) is 23.0 Å². The molecule has 0 saturated carbocycles. The maximum atomic E-state index is 13.7. The van der Waals surface area contributed by atoms with Crippen molar-refractivity contribution in [1.82, 2.24) is 4.98 Å². The average Bonchev–Trinajstić information content (AvgIpc) is 2.49. The molecule has 9 heteroatoms. The summed E-state index contributed by atoms with van der Waals surface area (Å²) in [5.41, 5.74) is -0.692. The lowest BCUT2D eigenvalue weighted by atomic mass is 10.2. The molecule has 2 rings (SSSR count). The van der Waals surface area contributed by atoms with Crippen molar-refractivity contribution in [2.45, 2.75) is 0 Å². The van der Waals surface area contributed by atoms with E-state index in [1.807, 2.05) is 0 Å². The van der Waals surface area contributed by atoms with Gasteiger partial charge in [-0.15, -0.1) is 0 Å². The molecule has 0 bridgehead atoms. The van der Waals surface area contributed by atoms with Gasteiger partial charge in [0.1, 0.15) is 0 Å². The molecule has 0 radical (unpaired) electrons. The Morgan fingerprint density at radius 2 is 2.14 bits per heavy atom. The number of nitro groups is 1. The molecule has 0 aliphatic carbocycles. The Hall–Kier alpha value is -2.55. The maximum Gasteiger partial charge on any atom is 0.339 e. The van der Waals surface area contributed by atoms with Crippen LogP contribution in [-0.2, 0) is 4.74 Å². The number of esters is 1. The fourth-order valence-electron chi connectivity index (χ4n) is 1.54. The molecular weight excluding hydrogens is 363 g/mol. The van der Waals surface area contributed by atoms with E-state index in [1.54, 1.807) is 0 Å². The standard InChI is InChI=1S/C13H8BrFN2O5/c1-21-13(18)7-4-10(17(19)20)12(16-6-7)22-11-3-2-8(14)5-9(11)15/h2-6H,1H3. The minimum atomic E-state index is -0.786. The number of carbonyl (C=O) groups excluding carboxylic acids is 1. The van der Waals surface area contributed by atoms with Crippen molar-refractivity contribution < 1.29 is 23.6 Å². The summed E-state index contributed by atoms with van der Waals surface area (Å²) in [7, 11) is 1.13. The summed E-state index contributed by atoms with van der Waals surface area (Å²) in [6, 6.07) is 4.89. The van der Waals surface area contributed by atoms with E-state index in [0.29, 0.717) is 4.47 Å². The van der Waals surface area contributed by atoms with Crippen LogP contribution in [0.15, 0.2) is 34.9 Å². The smallest absolute Gasteiger partial charge is 0.339 e. The van der Waals surface area contributed by atoms with Crippen LogP contribution in [0, 0.1) is 15.9 Å². The lowest BCUT2D eigenvalue weighted by Gasteiger charge is -2.07. The van der Waals surface area contributed by atoms with E-state index in [-0.39, 0.29) is 11.3 Å². The topological polar surface area (TPSA) is 91.6 Å². The van der Waals surface area contributed by atoms with Crippen LogP contribution >= 0.6 is 15.9 Å². The summed E-state index contributed by atoms with van der Waals surface area (Å²) in [6.07, 6.45) is 1.05. The quantitative estimate of drug-likeness (QED) is 0.464. The van der Waals surface area contributed by atoms with Gasteiger partial charge in [0.25, 0.3) is 5.88 Å². The van der Waals surface area contributed by atoms with Gasteiger partial charge in [-0.05, 0) is 18.2 Å². The molecule has 0 aliphatic rings. The molecule has 7 nitrogen and oxygen atoms in total. The Kier molecular flexibility index (Phi) is 4.66. The molecule has 0 fully saturated rings. The number of aromatic nitrogens is 1. The highest BCUT2D eigenvalue weighted by Crippen LogP contribution is 2.32. The third-order valence-electron chi connectivity index (χ3n) is 2.55. The first-order chi connectivity index (χ1) is 10.4. The van der Waals surface area contributed by atoms with Gasteiger partial charge in [-0.3, -0.25) is 10.1 Å². The van der Waals surface area contributed by atoms with Gasteiger partial charge in [-0.1, -0.05) is 15.9 Å². The molecule has 0 amide bonds. The molecule has 1 heterocycles. The predicted molar refractivity (Wildman–Crippen MR) is 76.4 cm³/mol. The number of methoxy groups -OCH3 is 1. The molecule has 2 aromatic rings. The Morgan fingerprint density at radius 1 is 1.41 bits per heavy atom. The molecule has 0 unspecified atom stereocenters. The Bertz CT molecular complexity index is 753. The summed E-state index contributed by atoms with van der Waals surface area (Å²) in [5.74, 6) is -2.16. The molecule has 1 aromatic carbocycles. The van der Waals surface area contributed by atoms with Gasteiger partial charge in [0.15, 0.2) is 11.6 Å². The van der Waals surface area contributed by atoms with E-state index in [2.05, 4.69) is 25.7 Å². The third kappa shape index (κ3) is 3.37. The molecule has 0 aliphatic heterocycles. The van der Waals surface area contributed by atoms with E-state index in [1.165, 1.54) is 12.1 Å². The van der Waals surface area contributed by atoms with Gasteiger partial charge in [0.2, 0.25) is 0 Å². The van der Waals surface area contributed by atoms with Crippen LogP contribution in [0.25, 0.3) is 0 Å². The Labute approximate surface area is 132 Å². The second-order valence-electron chi connectivity index (χ2n) is 3.97. The summed E-state index contributed by atoms with van der Waals surface area (Å²) >= 11 is 3.08. The van der Waals surface area contributed by atoms with Crippen LogP contribution in [0.5, 0.6) is 11.6 Å². The highest BCUT2D eigenvalue weighted by atomic mass is 79.9. The minimum absolute atomic E-state index is 0.113. The number of hydrogen-bond donors (Lipinski definition) is 0. The van der Waals surface area contributed by atoms with Gasteiger partial charge in [0.05, 0.1) is 17.6 Å². The van der Waals surface area contributed by atoms with Gasteiger partial charge >= 0.3 is 11.7 Å². The summed E-state index contributed by atoms with van der Waals surface area (Å²) < 4.78 is 23.8. The zero-order chi connectivity index (χ0) is 16.3. The minimum Gasteiger partial charge on any atom is -0.465 e. The van der Waals surface area contributed by atoms with Crippen molar-refractivity contribution in [1.29, 1.82) is 0 Å². The fourth-order valence-corrected chi connectivity index (χ4v) is 1.87. The normalized spacial score (nSPS) is 10.1. The maximum absolute atomic E-state index is 13.7. The number of ether oxygens (including phenoxy) is 2. The van der Waals surface area contributed by atoms with Crippen molar-refractivity contribution in [2.75, 3.05) is 7.11 Å². The number of halogens is 2. The molecule has 0 spiro atoms. The van der Waals surface area contributed by atoms with Crippen LogP contribution in [0.4, 0.5) is 10.1 Å². The molecule has 1 aromatic heterocycles. The van der Waals surface area contributed by atoms with Gasteiger partial charge < -0.3 is 9.47 Å². The number of benzene rings is 1. The predicted octanol–water partition coefficient (Wildman–Crippen LogP) is 3.47. The first kappa shape index (κ1) is 15.8. The third-order valence-corrected chi connectivity index (χ3v) is 3.04. The van der Waals surface area contributed by atoms with Crippen LogP contribution < -0.4 is 4.74 Å². The highest BCUT2D eigenvalue weighted by Gasteiger charge is 2.22. The number of hydrogen-bond acceptors (Lipinski definition) is 6. The molecule has 0 N–H and O–H groups in total. The van der Waals surface area contributed by atoms with Gasteiger partial charge in [-0.2, -0.15) is 0 Å². The Balaban J connectivity index is 2.42. The summed E-state index contributed by atoms with van der Waals surface area (Å²) in [4.78, 5) is 25.3. The van der Waals surface area contributed by atoms with E-state index < -0.39 is 28.3 Å². The second-order valence-corrected chi connectivity index (χ2v) is 4.89. The second kappa shape index (κ2) is 6.48. The fraction of sp³-hybridized carbons (Fsp3) is 0.0769. The number of carbonyl (C=O) groups is 1. The van der Waals surface area contributed by atoms with Gasteiger partial charge in [0, 0.05) is 16.7 Å². The Morgan fingerprint density at radius 3 is 2.73 bits per heavy atom. The lowest BCUT2D eigenvalue weighted by molar-refractivity contribution is -0.386. The first-order valence-electron chi connectivity index (χ1n) is 5.78. The van der Waals surface area contributed by atoms with Gasteiger partial charge in [-0.25, -0.2) is 14.2 Å². The SMILES string of the molecule is COC(=O)c1cnc(Oc2ccc(Br)cc2F)c([N+](=O)[O-])c1. The van der Waals surface area contributed by atoms with Crippen LogP contribution in [0.1, 0.15) is 10.4 Å². The van der Waals surface area contributed by atoms with E-state index in [4.69, 9.17) is 4.74 Å². The zero-order valence-corrected chi connectivity index (χ0v) is 12.7. The van der Waals surface area contributed by atoms with Crippen molar-refractivity contribution >= 4 is 27.6 Å². The highest BCUT2D eigenvalue weighted by molar-refractivity contribution is 9.10. The van der Waals surface area contributed by atoms with Crippen LogP contribution in [0.2, 0.25) is 0 Å². The van der Waals surface area contributed by atoms with E-state index >= 15 is 0 Å². The average molecular weight is 371 g/mol. The zero-order valence-electron chi connectivity index (χ0n) is 11.1. The number of nitrogens with zero attached hydrogens (tertiary/aromatic N) is 2. The molecule has 22 heavy (non-hydrogen) atoms. The summed E-state index contributed by atoms with van der Waals surface area (Å²) in [6.45, 7) is 0. The molecule has 0 atom stereocenters. The van der Waals surface area contributed by atoms with Crippen molar-refractivity contribution in [2.24, 2.45) is 0 Å². The van der Waals surface area contributed by atoms with E-state index in [0.717, 1.165) is 25.4 Å².